The second kappa shape index (κ2) is 18.7. The van der Waals surface area contributed by atoms with Gasteiger partial charge in [-0.3, -0.25) is 15.3 Å². The van der Waals surface area contributed by atoms with E-state index in [1.165, 1.54) is 0 Å². The first-order valence-electron chi connectivity index (χ1n) is 12.9. The maximum atomic E-state index is 9.08. The summed E-state index contributed by atoms with van der Waals surface area (Å²) in [6.45, 7) is 23.3. The lowest BCUT2D eigenvalue weighted by molar-refractivity contribution is 0.230. The van der Waals surface area contributed by atoms with E-state index in [9.17, 15) is 0 Å². The summed E-state index contributed by atoms with van der Waals surface area (Å²) in [4.78, 5) is 12.9. The standard InChI is InChI=1S/C22H26N6O.C4H8.2C2H6.2H2/c1-5-19(22(3,4)20-10-11-24-21(28-20)25-14-29)27-17-8-6-16(7-9-17)18-13-23-12-15(2)26-18;1-3-4-2;2*1-2;;/h6-13,21,25,27-29H,1,14H2,2-4H3;3H,1,4H2,2H3;2*1-2H3;2*1H. The number of hydrogen-bond acceptors (Lipinski definition) is 7. The van der Waals surface area contributed by atoms with Gasteiger partial charge in [0.15, 0.2) is 6.29 Å². The van der Waals surface area contributed by atoms with Gasteiger partial charge in [-0.15, -0.1) is 12.3 Å². The number of allylic oxidation sites excluding steroid dienone is 2. The van der Waals surface area contributed by atoms with Gasteiger partial charge < -0.3 is 15.7 Å². The average Bonchev–Trinajstić information content (AvgIpc) is 2.94. The molecule has 0 spiro atoms. The van der Waals surface area contributed by atoms with Crippen molar-refractivity contribution in [2.45, 2.75) is 68.1 Å². The Morgan fingerprint density at radius 2 is 1.81 bits per heavy atom. The normalized spacial score (nSPS) is 13.4. The van der Waals surface area contributed by atoms with E-state index in [1.807, 2.05) is 71.0 Å². The molecule has 3 rings (SSSR count). The van der Waals surface area contributed by atoms with E-state index in [4.69, 9.17) is 5.11 Å². The Labute approximate surface area is 227 Å². The van der Waals surface area contributed by atoms with Gasteiger partial charge in [0, 0.05) is 32.2 Å². The molecule has 0 amide bonds. The summed E-state index contributed by atoms with van der Waals surface area (Å²) in [6.07, 6.45) is 9.71. The number of aryl methyl sites for hydroxylation is 1. The third kappa shape index (κ3) is 11.0. The van der Waals surface area contributed by atoms with Crippen LogP contribution < -0.4 is 16.0 Å². The Bertz CT molecular complexity index is 1050. The smallest absolute Gasteiger partial charge is 0.175 e. The number of aromatic nitrogens is 2. The molecule has 7 heteroatoms. The number of anilines is 1. The second-order valence-electron chi connectivity index (χ2n) is 7.91. The third-order valence-electron chi connectivity index (χ3n) is 5.02. The zero-order valence-corrected chi connectivity index (χ0v) is 23.9. The summed E-state index contributed by atoms with van der Waals surface area (Å²) >= 11 is 0. The van der Waals surface area contributed by atoms with Crippen molar-refractivity contribution < 1.29 is 7.96 Å². The number of rotatable bonds is 8. The molecule has 206 valence electrons. The van der Waals surface area contributed by atoms with Crippen molar-refractivity contribution in [1.29, 1.82) is 0 Å². The molecule has 0 radical (unpaired) electrons. The average molecular weight is 511 g/mol. The van der Waals surface area contributed by atoms with Crippen LogP contribution in [0, 0.1) is 12.3 Å². The molecule has 0 saturated carbocycles. The van der Waals surface area contributed by atoms with Crippen LogP contribution in [0.25, 0.3) is 11.3 Å². The molecule has 1 aliphatic rings. The van der Waals surface area contributed by atoms with Crippen LogP contribution >= 0.6 is 0 Å². The van der Waals surface area contributed by atoms with Crippen LogP contribution in [0.1, 0.15) is 63.4 Å². The van der Waals surface area contributed by atoms with Crippen LogP contribution in [0.2, 0.25) is 0 Å². The Kier molecular flexibility index (Phi) is 16.9. The molecule has 1 aromatic carbocycles. The first-order valence-corrected chi connectivity index (χ1v) is 12.9. The minimum absolute atomic E-state index is 0. The van der Waals surface area contributed by atoms with Crippen LogP contribution in [0.15, 0.2) is 84.1 Å². The Morgan fingerprint density at radius 1 is 1.19 bits per heavy atom. The quantitative estimate of drug-likeness (QED) is 0.172. The zero-order valence-electron chi connectivity index (χ0n) is 23.9. The Morgan fingerprint density at radius 3 is 2.32 bits per heavy atom. The summed E-state index contributed by atoms with van der Waals surface area (Å²) in [5.74, 6) is 0. The number of aliphatic hydroxyl groups is 1. The molecule has 2 heterocycles. The Balaban J connectivity index is -0.00000117. The van der Waals surface area contributed by atoms with Crippen LogP contribution in [0.3, 0.4) is 0 Å². The molecule has 37 heavy (non-hydrogen) atoms. The summed E-state index contributed by atoms with van der Waals surface area (Å²) in [6, 6.07) is 8.00. The van der Waals surface area contributed by atoms with E-state index in [0.29, 0.717) is 0 Å². The van der Waals surface area contributed by atoms with Crippen molar-refractivity contribution in [3.8, 4) is 11.3 Å². The minimum Gasteiger partial charge on any atom is -0.381 e. The van der Waals surface area contributed by atoms with Gasteiger partial charge in [0.2, 0.25) is 0 Å². The monoisotopic (exact) mass is 510 g/mol. The number of nitrogens with zero attached hydrogens (tertiary/aromatic N) is 3. The predicted octanol–water partition coefficient (Wildman–Crippen LogP) is 7.07. The van der Waals surface area contributed by atoms with Crippen LogP contribution in [0.4, 0.5) is 5.69 Å². The van der Waals surface area contributed by atoms with Crippen molar-refractivity contribution >= 4 is 11.9 Å². The minimum atomic E-state index is -0.426. The number of aliphatic imine (C=N–C) groups is 1. The molecule has 1 atom stereocenters. The zero-order chi connectivity index (χ0) is 28.3. The van der Waals surface area contributed by atoms with E-state index in [2.05, 4.69) is 70.6 Å². The van der Waals surface area contributed by atoms with E-state index < -0.39 is 5.41 Å². The van der Waals surface area contributed by atoms with Gasteiger partial charge in [0.25, 0.3) is 0 Å². The van der Waals surface area contributed by atoms with Crippen LogP contribution in [-0.4, -0.2) is 34.3 Å². The molecule has 1 aromatic heterocycles. The lowest BCUT2D eigenvalue weighted by Gasteiger charge is -2.34. The number of nitrogens with one attached hydrogen (secondary N) is 3. The maximum absolute atomic E-state index is 9.08. The summed E-state index contributed by atoms with van der Waals surface area (Å²) in [7, 11) is 0. The van der Waals surface area contributed by atoms with Crippen molar-refractivity contribution in [3.63, 3.8) is 0 Å². The highest BCUT2D eigenvalue weighted by Gasteiger charge is 2.30. The predicted molar refractivity (Wildman–Crippen MR) is 163 cm³/mol. The highest BCUT2D eigenvalue weighted by molar-refractivity contribution is 5.74. The largest absolute Gasteiger partial charge is 0.381 e. The molecule has 4 N–H and O–H groups in total. The fourth-order valence-corrected chi connectivity index (χ4v) is 3.04. The Hall–Kier alpha value is -3.51. The molecular formula is C30H50N6O. The van der Waals surface area contributed by atoms with Crippen molar-refractivity contribution in [1.82, 2.24) is 20.6 Å². The molecule has 1 aliphatic heterocycles. The van der Waals surface area contributed by atoms with Crippen molar-refractivity contribution in [2.24, 2.45) is 10.4 Å². The van der Waals surface area contributed by atoms with E-state index >= 15 is 0 Å². The fraction of sp³-hybridized carbons (Fsp3) is 0.400. The molecule has 2 aromatic rings. The van der Waals surface area contributed by atoms with E-state index in [-0.39, 0.29) is 15.9 Å². The van der Waals surface area contributed by atoms with Gasteiger partial charge in [-0.05, 0) is 45.4 Å². The van der Waals surface area contributed by atoms with Gasteiger partial charge in [0.05, 0.1) is 35.4 Å². The van der Waals surface area contributed by atoms with E-state index in [1.54, 1.807) is 18.6 Å². The molecule has 0 saturated heterocycles. The first-order chi connectivity index (χ1) is 17.8. The number of hydrogen-bond donors (Lipinski definition) is 4. The topological polar surface area (TPSA) is 94.5 Å². The number of aliphatic hydroxyl groups excluding tert-OH is 1. The van der Waals surface area contributed by atoms with Crippen LogP contribution in [0.5, 0.6) is 0 Å². The highest BCUT2D eigenvalue weighted by Crippen LogP contribution is 2.34. The SMILES string of the molecule is C=C=C(Nc1ccc(-c2cncc(C)n2)cc1)C(C)(C)C1=CC=NC(NCO)N1.C=CCC.CC.CC.[HH].[HH]. The summed E-state index contributed by atoms with van der Waals surface area (Å²) < 4.78 is 0. The molecule has 1 unspecified atom stereocenters. The lowest BCUT2D eigenvalue weighted by atomic mass is 9.84. The first kappa shape index (κ1) is 33.5. The summed E-state index contributed by atoms with van der Waals surface area (Å²) in [5.41, 5.74) is 8.00. The maximum Gasteiger partial charge on any atom is 0.175 e. The van der Waals surface area contributed by atoms with Gasteiger partial charge in [0.1, 0.15) is 0 Å². The summed E-state index contributed by atoms with van der Waals surface area (Å²) in [5, 5.41) is 18.6. The second-order valence-corrected chi connectivity index (χ2v) is 7.91. The molecular weight excluding hydrogens is 460 g/mol. The molecule has 7 nitrogen and oxygen atoms in total. The van der Waals surface area contributed by atoms with Gasteiger partial charge in [-0.1, -0.05) is 59.4 Å². The number of benzene rings is 1. The van der Waals surface area contributed by atoms with Gasteiger partial charge in [-0.25, -0.2) is 4.98 Å². The fourth-order valence-electron chi connectivity index (χ4n) is 3.04. The van der Waals surface area contributed by atoms with Crippen molar-refractivity contribution in [2.75, 3.05) is 12.0 Å². The lowest BCUT2D eigenvalue weighted by Crippen LogP contribution is -2.46. The molecule has 0 bridgehead atoms. The van der Waals surface area contributed by atoms with Crippen molar-refractivity contribution in [3.05, 3.63) is 84.8 Å². The van der Waals surface area contributed by atoms with Gasteiger partial charge >= 0.3 is 0 Å². The highest BCUT2D eigenvalue weighted by atomic mass is 16.3. The van der Waals surface area contributed by atoms with Gasteiger partial charge in [-0.2, -0.15) is 0 Å². The third-order valence-corrected chi connectivity index (χ3v) is 5.02. The molecule has 0 fully saturated rings. The van der Waals surface area contributed by atoms with E-state index in [0.717, 1.165) is 40.5 Å². The van der Waals surface area contributed by atoms with Crippen LogP contribution in [-0.2, 0) is 0 Å². The molecule has 0 aliphatic carbocycles.